The van der Waals surface area contributed by atoms with Gasteiger partial charge in [-0.2, -0.15) is 0 Å². The van der Waals surface area contributed by atoms with Crippen molar-refractivity contribution in [1.82, 2.24) is 4.98 Å². The molecule has 0 amide bonds. The molecule has 2 aromatic heterocycles. The van der Waals surface area contributed by atoms with Crippen LogP contribution in [0.5, 0.6) is 0 Å². The third-order valence-electron chi connectivity index (χ3n) is 13.7. The van der Waals surface area contributed by atoms with E-state index in [9.17, 15) is 0 Å². The lowest BCUT2D eigenvalue weighted by Crippen LogP contribution is -2.26. The quantitative estimate of drug-likeness (QED) is 0.164. The van der Waals surface area contributed by atoms with E-state index in [0.29, 0.717) is 0 Å². The summed E-state index contributed by atoms with van der Waals surface area (Å²) in [6.45, 7) is 0. The average molecular weight is 760 g/mol. The lowest BCUT2D eigenvalue weighted by atomic mass is 9.70. The molecule has 0 saturated heterocycles. The van der Waals surface area contributed by atoms with Gasteiger partial charge in [0.15, 0.2) is 0 Å². The molecule has 1 spiro atoms. The standard InChI is InChI=1S/C58H33NO/c1-2-13-35-28-36(24-23-34(35)12-1)45-30-47-41-17-6-4-15-39(41)46(31-48(47)40-16-5-3-14-38(40)45)37-25-26-44-53(29-37)58(52-21-11-27-59-57(44)52)51-20-9-7-18-42(51)49-33-56-50(32-54(49)58)43-19-8-10-22-55(43)60-56/h1-33H. The Labute approximate surface area is 345 Å². The van der Waals surface area contributed by atoms with Gasteiger partial charge in [0.25, 0.3) is 0 Å². The van der Waals surface area contributed by atoms with E-state index in [1.807, 2.05) is 6.20 Å². The van der Waals surface area contributed by atoms with Gasteiger partial charge in [0, 0.05) is 22.5 Å². The Morgan fingerprint density at radius 3 is 1.73 bits per heavy atom. The van der Waals surface area contributed by atoms with Crippen LogP contribution in [0.4, 0.5) is 0 Å². The second kappa shape index (κ2) is 11.7. The first-order chi connectivity index (χ1) is 29.7. The molecule has 60 heavy (non-hydrogen) atoms. The molecule has 2 aliphatic rings. The van der Waals surface area contributed by atoms with Crippen molar-refractivity contribution in [3.8, 4) is 44.6 Å². The number of hydrogen-bond donors (Lipinski definition) is 0. The maximum Gasteiger partial charge on any atom is 0.136 e. The molecule has 0 fully saturated rings. The Morgan fingerprint density at radius 1 is 0.317 bits per heavy atom. The van der Waals surface area contributed by atoms with Gasteiger partial charge in [0.2, 0.25) is 0 Å². The van der Waals surface area contributed by atoms with E-state index in [4.69, 9.17) is 9.40 Å². The smallest absolute Gasteiger partial charge is 0.136 e. The summed E-state index contributed by atoms with van der Waals surface area (Å²) in [7, 11) is 0. The fourth-order valence-electron chi connectivity index (χ4n) is 11.2. The SMILES string of the molecule is c1ccc2c(c1)-c1cc3oc4ccccc4c3cc1C21c2cc(-c3cc4c5ccccc5c(-c5ccc6ccccc6c5)cc4c4ccccc34)ccc2-c2ncccc21. The highest BCUT2D eigenvalue weighted by Gasteiger charge is 2.52. The van der Waals surface area contributed by atoms with Crippen molar-refractivity contribution in [2.24, 2.45) is 0 Å². The van der Waals surface area contributed by atoms with Crippen LogP contribution < -0.4 is 0 Å². The van der Waals surface area contributed by atoms with E-state index in [2.05, 4.69) is 194 Å². The van der Waals surface area contributed by atoms with Gasteiger partial charge in [-0.15, -0.1) is 0 Å². The molecule has 1 unspecified atom stereocenters. The number of nitrogens with zero attached hydrogens (tertiary/aromatic N) is 1. The highest BCUT2D eigenvalue weighted by atomic mass is 16.3. The summed E-state index contributed by atoms with van der Waals surface area (Å²) in [5, 5.41) is 12.3. The second-order valence-corrected chi connectivity index (χ2v) is 16.5. The van der Waals surface area contributed by atoms with Crippen LogP contribution in [-0.4, -0.2) is 4.98 Å². The molecule has 2 heterocycles. The van der Waals surface area contributed by atoms with Gasteiger partial charge in [-0.25, -0.2) is 0 Å². The van der Waals surface area contributed by atoms with E-state index < -0.39 is 5.41 Å². The molecule has 14 rings (SSSR count). The van der Waals surface area contributed by atoms with Gasteiger partial charge in [0.1, 0.15) is 11.2 Å². The van der Waals surface area contributed by atoms with E-state index in [1.165, 1.54) is 104 Å². The Balaban J connectivity index is 1.05. The summed E-state index contributed by atoms with van der Waals surface area (Å²) < 4.78 is 6.50. The lowest BCUT2D eigenvalue weighted by molar-refractivity contribution is 0.669. The summed E-state index contributed by atoms with van der Waals surface area (Å²) in [5.74, 6) is 0. The zero-order valence-electron chi connectivity index (χ0n) is 32.4. The summed E-state index contributed by atoms with van der Waals surface area (Å²) in [6.07, 6.45) is 1.94. The number of hydrogen-bond acceptors (Lipinski definition) is 2. The average Bonchev–Trinajstić information content (AvgIpc) is 3.93. The fraction of sp³-hybridized carbons (Fsp3) is 0.0172. The van der Waals surface area contributed by atoms with Crippen molar-refractivity contribution in [2.45, 2.75) is 5.41 Å². The normalized spacial score (nSPS) is 15.1. The maximum absolute atomic E-state index is 6.50. The van der Waals surface area contributed by atoms with Crippen molar-refractivity contribution in [1.29, 1.82) is 0 Å². The second-order valence-electron chi connectivity index (χ2n) is 16.5. The molecule has 2 heteroatoms. The Kier molecular flexibility index (Phi) is 6.25. The number of fused-ring (bicyclic) bond motifs is 19. The molecule has 0 saturated carbocycles. The predicted octanol–water partition coefficient (Wildman–Crippen LogP) is 15.3. The van der Waals surface area contributed by atoms with E-state index in [0.717, 1.165) is 27.6 Å². The van der Waals surface area contributed by atoms with Crippen molar-refractivity contribution < 1.29 is 4.42 Å². The highest BCUT2D eigenvalue weighted by molar-refractivity contribution is 6.24. The van der Waals surface area contributed by atoms with Gasteiger partial charge in [-0.1, -0.05) is 146 Å². The molecule has 0 radical (unpaired) electrons. The number of furan rings is 1. The molecule has 2 aliphatic carbocycles. The van der Waals surface area contributed by atoms with E-state index in [-0.39, 0.29) is 0 Å². The molecule has 0 aliphatic heterocycles. The minimum Gasteiger partial charge on any atom is -0.456 e. The van der Waals surface area contributed by atoms with Crippen LogP contribution in [0.15, 0.2) is 205 Å². The Morgan fingerprint density at radius 2 is 0.933 bits per heavy atom. The van der Waals surface area contributed by atoms with Crippen LogP contribution in [0.25, 0.3) is 110 Å². The zero-order valence-corrected chi connectivity index (χ0v) is 32.4. The topological polar surface area (TPSA) is 26.0 Å². The third kappa shape index (κ3) is 4.10. The summed E-state index contributed by atoms with van der Waals surface area (Å²) in [5.41, 5.74) is 15.9. The Bertz CT molecular complexity index is 3850. The first kappa shape index (κ1) is 32.2. The Hall–Kier alpha value is -7.81. The molecule has 276 valence electrons. The van der Waals surface area contributed by atoms with Crippen LogP contribution in [0.3, 0.4) is 0 Å². The maximum atomic E-state index is 6.50. The van der Waals surface area contributed by atoms with Gasteiger partial charge < -0.3 is 4.42 Å². The number of benzene rings is 10. The molecule has 0 N–H and O–H groups in total. The number of rotatable bonds is 2. The van der Waals surface area contributed by atoms with E-state index >= 15 is 0 Å². The summed E-state index contributed by atoms with van der Waals surface area (Å²) >= 11 is 0. The molecule has 12 aromatic rings. The first-order valence-corrected chi connectivity index (χ1v) is 20.8. The first-order valence-electron chi connectivity index (χ1n) is 20.8. The minimum absolute atomic E-state index is 0.554. The highest BCUT2D eigenvalue weighted by Crippen LogP contribution is 2.63. The molecular weight excluding hydrogens is 727 g/mol. The molecule has 1 atom stereocenters. The summed E-state index contributed by atoms with van der Waals surface area (Å²) in [6, 6.07) is 71.9. The fourth-order valence-corrected chi connectivity index (χ4v) is 11.2. The molecule has 0 bridgehead atoms. The lowest BCUT2D eigenvalue weighted by Gasteiger charge is -2.30. The van der Waals surface area contributed by atoms with Gasteiger partial charge in [-0.05, 0) is 147 Å². The van der Waals surface area contributed by atoms with Crippen molar-refractivity contribution >= 4 is 65.0 Å². The minimum atomic E-state index is -0.554. The molecular formula is C58H33NO. The van der Waals surface area contributed by atoms with Crippen LogP contribution in [-0.2, 0) is 5.41 Å². The number of para-hydroxylation sites is 1. The number of pyridine rings is 1. The van der Waals surface area contributed by atoms with Crippen LogP contribution in [0.2, 0.25) is 0 Å². The van der Waals surface area contributed by atoms with Crippen molar-refractivity contribution in [3.05, 3.63) is 223 Å². The largest absolute Gasteiger partial charge is 0.456 e. The van der Waals surface area contributed by atoms with Crippen molar-refractivity contribution in [3.63, 3.8) is 0 Å². The van der Waals surface area contributed by atoms with Crippen LogP contribution >= 0.6 is 0 Å². The van der Waals surface area contributed by atoms with Gasteiger partial charge in [-0.3, -0.25) is 4.98 Å². The molecule has 2 nitrogen and oxygen atoms in total. The summed E-state index contributed by atoms with van der Waals surface area (Å²) in [4.78, 5) is 5.13. The number of aromatic nitrogens is 1. The molecule has 10 aromatic carbocycles. The van der Waals surface area contributed by atoms with Crippen LogP contribution in [0.1, 0.15) is 22.3 Å². The monoisotopic (exact) mass is 759 g/mol. The predicted molar refractivity (Wildman–Crippen MR) is 249 cm³/mol. The van der Waals surface area contributed by atoms with Gasteiger partial charge in [0.05, 0.1) is 11.1 Å². The zero-order chi connectivity index (χ0) is 39.1. The third-order valence-corrected chi connectivity index (χ3v) is 13.7. The van der Waals surface area contributed by atoms with E-state index in [1.54, 1.807) is 0 Å². The van der Waals surface area contributed by atoms with Crippen molar-refractivity contribution in [2.75, 3.05) is 0 Å². The van der Waals surface area contributed by atoms with Gasteiger partial charge >= 0.3 is 0 Å². The van der Waals surface area contributed by atoms with Crippen LogP contribution in [0, 0.1) is 0 Å².